The van der Waals surface area contributed by atoms with Crippen molar-refractivity contribution in [1.29, 1.82) is 0 Å². The number of halogens is 6. The SMILES string of the molecule is CC1CCC(C2CC(F)C(OC(F)C(F)(F)F)C(F)C2)CC1. The minimum absolute atomic E-state index is 0.0469. The minimum atomic E-state index is -5.25. The molecule has 3 atom stereocenters. The normalized spacial score (nSPS) is 42.1. The van der Waals surface area contributed by atoms with E-state index in [1.54, 1.807) is 0 Å². The maximum atomic E-state index is 14.0. The molecule has 0 saturated heterocycles. The Balaban J connectivity index is 1.91. The number of hydrogen-bond acceptors (Lipinski definition) is 1. The maximum absolute atomic E-state index is 14.0. The summed E-state index contributed by atoms with van der Waals surface area (Å²) in [5.41, 5.74) is 0. The van der Waals surface area contributed by atoms with Crippen molar-refractivity contribution >= 4 is 0 Å². The van der Waals surface area contributed by atoms with Gasteiger partial charge < -0.3 is 4.74 Å². The molecule has 0 amide bonds. The zero-order valence-corrected chi connectivity index (χ0v) is 12.5. The summed E-state index contributed by atoms with van der Waals surface area (Å²) in [4.78, 5) is 0. The second kappa shape index (κ2) is 6.97. The Morgan fingerprint density at radius 1 is 0.909 bits per heavy atom. The Hall–Kier alpha value is -0.460. The predicted molar refractivity (Wildman–Crippen MR) is 69.5 cm³/mol. The van der Waals surface area contributed by atoms with Crippen LogP contribution in [0.5, 0.6) is 0 Å². The molecule has 0 N–H and O–H groups in total. The Morgan fingerprint density at radius 3 is 1.86 bits per heavy atom. The van der Waals surface area contributed by atoms with E-state index in [1.165, 1.54) is 0 Å². The van der Waals surface area contributed by atoms with Crippen LogP contribution in [0.1, 0.15) is 45.4 Å². The van der Waals surface area contributed by atoms with Crippen molar-refractivity contribution in [2.45, 2.75) is 76.4 Å². The zero-order valence-electron chi connectivity index (χ0n) is 12.5. The van der Waals surface area contributed by atoms with Gasteiger partial charge in [0.25, 0.3) is 6.36 Å². The molecule has 0 aromatic heterocycles. The molecule has 22 heavy (non-hydrogen) atoms. The first-order chi connectivity index (χ1) is 10.2. The van der Waals surface area contributed by atoms with Crippen LogP contribution in [0.25, 0.3) is 0 Å². The van der Waals surface area contributed by atoms with Crippen molar-refractivity contribution < 1.29 is 31.1 Å². The molecule has 2 aliphatic carbocycles. The van der Waals surface area contributed by atoms with E-state index in [-0.39, 0.29) is 24.7 Å². The van der Waals surface area contributed by atoms with Crippen molar-refractivity contribution in [2.24, 2.45) is 17.8 Å². The van der Waals surface area contributed by atoms with Crippen LogP contribution in [0.4, 0.5) is 26.3 Å². The molecule has 0 bridgehead atoms. The minimum Gasteiger partial charge on any atom is -0.332 e. The summed E-state index contributed by atoms with van der Waals surface area (Å²) in [5, 5.41) is 0. The summed E-state index contributed by atoms with van der Waals surface area (Å²) in [6, 6.07) is 0. The fraction of sp³-hybridized carbons (Fsp3) is 1.00. The van der Waals surface area contributed by atoms with Gasteiger partial charge in [-0.15, -0.1) is 0 Å². The molecule has 130 valence electrons. The van der Waals surface area contributed by atoms with Crippen LogP contribution in [-0.4, -0.2) is 31.0 Å². The monoisotopic (exact) mass is 332 g/mol. The lowest BCUT2D eigenvalue weighted by atomic mass is 9.70. The third-order valence-corrected chi connectivity index (χ3v) is 5.03. The predicted octanol–water partition coefficient (Wildman–Crippen LogP) is 5.14. The van der Waals surface area contributed by atoms with E-state index in [1.807, 2.05) is 0 Å². The molecule has 1 nitrogen and oxygen atoms in total. The molecule has 2 aliphatic rings. The van der Waals surface area contributed by atoms with Crippen molar-refractivity contribution in [2.75, 3.05) is 0 Å². The molecule has 7 heteroatoms. The molecule has 0 spiro atoms. The van der Waals surface area contributed by atoms with Gasteiger partial charge in [-0.1, -0.05) is 19.8 Å². The largest absolute Gasteiger partial charge is 0.445 e. The molecule has 0 radical (unpaired) electrons. The summed E-state index contributed by atoms with van der Waals surface area (Å²) < 4.78 is 81.3. The van der Waals surface area contributed by atoms with Crippen LogP contribution in [0.3, 0.4) is 0 Å². The first-order valence-corrected chi connectivity index (χ1v) is 7.83. The highest BCUT2D eigenvalue weighted by atomic mass is 19.4. The standard InChI is InChI=1S/C15H22F6O/c1-8-2-4-9(5-3-8)10-6-11(16)13(12(17)7-10)22-14(18)15(19,20)21/h8-14H,2-7H2,1H3. The van der Waals surface area contributed by atoms with Gasteiger partial charge >= 0.3 is 6.18 Å². The fourth-order valence-electron chi connectivity index (χ4n) is 3.70. The van der Waals surface area contributed by atoms with E-state index in [0.717, 1.165) is 25.7 Å². The van der Waals surface area contributed by atoms with E-state index in [0.29, 0.717) is 5.92 Å². The van der Waals surface area contributed by atoms with Gasteiger partial charge in [-0.05, 0) is 43.4 Å². The first kappa shape index (κ1) is 17.9. The number of rotatable bonds is 3. The van der Waals surface area contributed by atoms with Crippen molar-refractivity contribution in [3.8, 4) is 0 Å². The summed E-state index contributed by atoms with van der Waals surface area (Å²) in [6.45, 7) is 2.13. The average molecular weight is 332 g/mol. The second-order valence-electron chi connectivity index (χ2n) is 6.74. The fourth-order valence-corrected chi connectivity index (χ4v) is 3.70. The van der Waals surface area contributed by atoms with E-state index in [4.69, 9.17) is 0 Å². The molecule has 0 aromatic rings. The number of alkyl halides is 6. The van der Waals surface area contributed by atoms with Gasteiger partial charge in [-0.25, -0.2) is 13.2 Å². The molecule has 0 heterocycles. The van der Waals surface area contributed by atoms with Crippen LogP contribution >= 0.6 is 0 Å². The summed E-state index contributed by atoms with van der Waals surface area (Å²) in [5.74, 6) is 0.621. The van der Waals surface area contributed by atoms with Crippen LogP contribution < -0.4 is 0 Å². The lowest BCUT2D eigenvalue weighted by Gasteiger charge is -2.40. The smallest absolute Gasteiger partial charge is 0.332 e. The van der Waals surface area contributed by atoms with Gasteiger partial charge in [0.15, 0.2) is 0 Å². The van der Waals surface area contributed by atoms with E-state index < -0.39 is 31.0 Å². The Kier molecular flexibility index (Phi) is 5.67. The summed E-state index contributed by atoms with van der Waals surface area (Å²) in [6.07, 6.45) is -10.9. The molecule has 2 rings (SSSR count). The number of ether oxygens (including phenoxy) is 1. The molecular formula is C15H22F6O. The zero-order chi connectivity index (χ0) is 16.5. The molecule has 2 saturated carbocycles. The summed E-state index contributed by atoms with van der Waals surface area (Å²) in [7, 11) is 0. The Bertz CT molecular complexity index is 340. The highest BCUT2D eigenvalue weighted by Crippen LogP contribution is 2.43. The van der Waals surface area contributed by atoms with Gasteiger partial charge in [0.1, 0.15) is 18.4 Å². The maximum Gasteiger partial charge on any atom is 0.445 e. The highest BCUT2D eigenvalue weighted by Gasteiger charge is 2.48. The van der Waals surface area contributed by atoms with Crippen LogP contribution in [0.2, 0.25) is 0 Å². The van der Waals surface area contributed by atoms with Gasteiger partial charge in [0.05, 0.1) is 0 Å². The average Bonchev–Trinajstić information content (AvgIpc) is 2.42. The van der Waals surface area contributed by atoms with Crippen LogP contribution in [0.15, 0.2) is 0 Å². The highest BCUT2D eigenvalue weighted by molar-refractivity contribution is 4.91. The summed E-state index contributed by atoms with van der Waals surface area (Å²) >= 11 is 0. The van der Waals surface area contributed by atoms with Crippen LogP contribution in [0, 0.1) is 17.8 Å². The third kappa shape index (κ3) is 4.30. The van der Waals surface area contributed by atoms with E-state index in [9.17, 15) is 26.3 Å². The topological polar surface area (TPSA) is 9.23 Å². The van der Waals surface area contributed by atoms with Crippen LogP contribution in [-0.2, 0) is 4.74 Å². The second-order valence-corrected chi connectivity index (χ2v) is 6.74. The Morgan fingerprint density at radius 2 is 1.41 bits per heavy atom. The quantitative estimate of drug-likeness (QED) is 0.650. The Labute approximate surface area is 126 Å². The molecule has 2 fully saturated rings. The first-order valence-electron chi connectivity index (χ1n) is 7.83. The van der Waals surface area contributed by atoms with Gasteiger partial charge in [0.2, 0.25) is 0 Å². The van der Waals surface area contributed by atoms with Crippen molar-refractivity contribution in [3.05, 3.63) is 0 Å². The lowest BCUT2D eigenvalue weighted by Crippen LogP contribution is -2.47. The van der Waals surface area contributed by atoms with E-state index >= 15 is 0 Å². The number of hydrogen-bond donors (Lipinski definition) is 0. The molecule has 0 aromatic carbocycles. The van der Waals surface area contributed by atoms with E-state index in [2.05, 4.69) is 11.7 Å². The van der Waals surface area contributed by atoms with Gasteiger partial charge in [0, 0.05) is 0 Å². The van der Waals surface area contributed by atoms with Gasteiger partial charge in [-0.2, -0.15) is 13.2 Å². The lowest BCUT2D eigenvalue weighted by molar-refractivity contribution is -0.291. The third-order valence-electron chi connectivity index (χ3n) is 5.03. The molecule has 0 aliphatic heterocycles. The van der Waals surface area contributed by atoms with Crippen molar-refractivity contribution in [3.63, 3.8) is 0 Å². The van der Waals surface area contributed by atoms with Gasteiger partial charge in [-0.3, -0.25) is 0 Å². The van der Waals surface area contributed by atoms with Crippen molar-refractivity contribution in [1.82, 2.24) is 0 Å². The molecule has 3 unspecified atom stereocenters. The molecular weight excluding hydrogens is 310 g/mol.